The molecule has 0 heterocycles. The smallest absolute Gasteiger partial charge is 0.243 e. The average molecular weight is 622 g/mol. The Kier molecular flexibility index (Phi) is 21.9. The van der Waals surface area contributed by atoms with E-state index < -0.39 is 41.9 Å². The molecule has 1 aromatic carbocycles. The number of hydrogen-bond donors (Lipinski definition) is 5. The highest BCUT2D eigenvalue weighted by Gasteiger charge is 2.31. The summed E-state index contributed by atoms with van der Waals surface area (Å²) in [6.07, 6.45) is 5.04. The molecule has 4 unspecified atom stereocenters. The molecule has 0 aliphatic rings. The number of nitrogens with two attached hydrogens (primary N) is 1. The molecule has 0 spiro atoms. The number of ketones is 1. The maximum atomic E-state index is 13.6. The Bertz CT molecular complexity index is 976. The lowest BCUT2D eigenvalue weighted by Crippen LogP contribution is -2.58. The summed E-state index contributed by atoms with van der Waals surface area (Å²) in [7, 11) is 0. The maximum Gasteiger partial charge on any atom is 0.243 e. The SMILES string of the molecule is CC.CCC(=O)C(CCCCN)NC(=O)C(Cc1ccccc1)NC(=O)C(CC(C)C)NC(=O)C(CCSC)NC(C)=O. The quantitative estimate of drug-likeness (QED) is 0.140. The van der Waals surface area contributed by atoms with Crippen LogP contribution in [-0.2, 0) is 30.4 Å². The van der Waals surface area contributed by atoms with E-state index in [-0.39, 0.29) is 30.4 Å². The average Bonchev–Trinajstić information content (AvgIpc) is 2.98. The first kappa shape index (κ1) is 40.1. The first-order chi connectivity index (χ1) is 20.5. The molecule has 4 amide bonds. The van der Waals surface area contributed by atoms with Crippen molar-refractivity contribution in [2.45, 2.75) is 111 Å². The highest BCUT2D eigenvalue weighted by Crippen LogP contribution is 2.11. The Morgan fingerprint density at radius 2 is 1.35 bits per heavy atom. The van der Waals surface area contributed by atoms with Crippen molar-refractivity contribution in [3.8, 4) is 0 Å². The van der Waals surface area contributed by atoms with Gasteiger partial charge in [0, 0.05) is 19.8 Å². The minimum atomic E-state index is -0.972. The van der Waals surface area contributed by atoms with Crippen molar-refractivity contribution < 1.29 is 24.0 Å². The molecule has 0 aliphatic carbocycles. The van der Waals surface area contributed by atoms with Crippen molar-refractivity contribution in [1.29, 1.82) is 0 Å². The molecular formula is C32H55N5O5S. The van der Waals surface area contributed by atoms with Gasteiger partial charge in [0.1, 0.15) is 18.1 Å². The zero-order chi connectivity index (χ0) is 32.8. The van der Waals surface area contributed by atoms with Gasteiger partial charge in [-0.25, -0.2) is 0 Å². The van der Waals surface area contributed by atoms with Gasteiger partial charge < -0.3 is 27.0 Å². The molecular weight excluding hydrogens is 566 g/mol. The van der Waals surface area contributed by atoms with Crippen molar-refractivity contribution in [2.24, 2.45) is 11.7 Å². The number of thioether (sulfide) groups is 1. The van der Waals surface area contributed by atoms with E-state index in [1.165, 1.54) is 6.92 Å². The molecule has 0 saturated heterocycles. The van der Waals surface area contributed by atoms with E-state index in [1.54, 1.807) is 18.7 Å². The molecule has 10 nitrogen and oxygen atoms in total. The van der Waals surface area contributed by atoms with Crippen LogP contribution in [0.15, 0.2) is 30.3 Å². The van der Waals surface area contributed by atoms with E-state index in [0.717, 1.165) is 12.0 Å². The lowest BCUT2D eigenvalue weighted by molar-refractivity contribution is -0.134. The van der Waals surface area contributed by atoms with Crippen LogP contribution >= 0.6 is 11.8 Å². The number of unbranched alkanes of at least 4 members (excludes halogenated alkanes) is 1. The van der Waals surface area contributed by atoms with E-state index in [1.807, 2.05) is 64.3 Å². The Morgan fingerprint density at radius 1 is 0.791 bits per heavy atom. The third kappa shape index (κ3) is 17.1. The predicted molar refractivity (Wildman–Crippen MR) is 176 cm³/mol. The van der Waals surface area contributed by atoms with Crippen LogP contribution in [-0.4, -0.2) is 72.1 Å². The molecule has 244 valence electrons. The molecule has 0 fully saturated rings. The lowest BCUT2D eigenvalue weighted by atomic mass is 9.99. The van der Waals surface area contributed by atoms with Gasteiger partial charge in [-0.15, -0.1) is 0 Å². The second-order valence-electron chi connectivity index (χ2n) is 10.6. The standard InChI is InChI=1S/C30H49N5O5S.C2H6/c1-6-27(37)23(14-10-11-16-31)33-30(40)26(19-22-12-8-7-9-13-22)35-29(39)25(18-20(2)3)34-28(38)24(15-17-41-5)32-21(4)36;1-2/h7-9,12-13,20,23-26H,6,10-11,14-19,31H2,1-5H3,(H,32,36)(H,33,40)(H,34,38)(H,35,39);1-2H3. The van der Waals surface area contributed by atoms with Crippen LogP contribution in [0.2, 0.25) is 0 Å². The van der Waals surface area contributed by atoms with E-state index in [4.69, 9.17) is 5.73 Å². The van der Waals surface area contributed by atoms with Crippen molar-refractivity contribution in [3.63, 3.8) is 0 Å². The largest absolute Gasteiger partial charge is 0.345 e. The molecule has 0 saturated carbocycles. The fraction of sp³-hybridized carbons (Fsp3) is 0.656. The van der Waals surface area contributed by atoms with Crippen molar-refractivity contribution in [1.82, 2.24) is 21.3 Å². The van der Waals surface area contributed by atoms with E-state index in [9.17, 15) is 24.0 Å². The molecule has 0 bridgehead atoms. The highest BCUT2D eigenvalue weighted by atomic mass is 32.2. The number of rotatable bonds is 20. The molecule has 11 heteroatoms. The Hall–Kier alpha value is -2.92. The number of benzene rings is 1. The molecule has 0 aliphatic heterocycles. The Morgan fingerprint density at radius 3 is 1.88 bits per heavy atom. The number of carbonyl (C=O) groups is 5. The summed E-state index contributed by atoms with van der Waals surface area (Å²) in [5, 5.41) is 11.2. The van der Waals surface area contributed by atoms with Gasteiger partial charge in [-0.05, 0) is 62.1 Å². The lowest BCUT2D eigenvalue weighted by Gasteiger charge is -2.27. The summed E-state index contributed by atoms with van der Waals surface area (Å²) in [6, 6.07) is 5.94. The minimum Gasteiger partial charge on any atom is -0.345 e. The second kappa shape index (κ2) is 23.5. The van der Waals surface area contributed by atoms with Gasteiger partial charge in [-0.3, -0.25) is 24.0 Å². The van der Waals surface area contributed by atoms with Gasteiger partial charge >= 0.3 is 0 Å². The van der Waals surface area contributed by atoms with Crippen LogP contribution < -0.4 is 27.0 Å². The van der Waals surface area contributed by atoms with Crippen molar-refractivity contribution in [3.05, 3.63) is 35.9 Å². The highest BCUT2D eigenvalue weighted by molar-refractivity contribution is 7.98. The number of Topliss-reactive ketones (excluding diaryl/α,β-unsaturated/α-hetero) is 1. The van der Waals surface area contributed by atoms with Gasteiger partial charge in [-0.1, -0.05) is 65.0 Å². The summed E-state index contributed by atoms with van der Waals surface area (Å²) in [6.45, 7) is 11.5. The summed E-state index contributed by atoms with van der Waals surface area (Å²) in [5.74, 6) is -1.12. The van der Waals surface area contributed by atoms with E-state index >= 15 is 0 Å². The van der Waals surface area contributed by atoms with Gasteiger partial charge in [0.25, 0.3) is 0 Å². The minimum absolute atomic E-state index is 0.0620. The topological polar surface area (TPSA) is 159 Å². The monoisotopic (exact) mass is 621 g/mol. The predicted octanol–water partition coefficient (Wildman–Crippen LogP) is 3.12. The van der Waals surface area contributed by atoms with Gasteiger partial charge in [0.05, 0.1) is 6.04 Å². The Labute approximate surface area is 262 Å². The fourth-order valence-electron chi connectivity index (χ4n) is 4.38. The summed E-state index contributed by atoms with van der Waals surface area (Å²) < 4.78 is 0. The first-order valence-corrected chi connectivity index (χ1v) is 16.8. The molecule has 4 atom stereocenters. The molecule has 1 rings (SSSR count). The molecule has 0 radical (unpaired) electrons. The molecule has 0 aromatic heterocycles. The molecule has 43 heavy (non-hydrogen) atoms. The number of carbonyl (C=O) groups excluding carboxylic acids is 5. The summed E-state index contributed by atoms with van der Waals surface area (Å²) in [4.78, 5) is 64.5. The van der Waals surface area contributed by atoms with Gasteiger partial charge in [0.2, 0.25) is 23.6 Å². The van der Waals surface area contributed by atoms with E-state index in [2.05, 4.69) is 21.3 Å². The number of amides is 4. The zero-order valence-corrected chi connectivity index (χ0v) is 28.0. The molecule has 6 N–H and O–H groups in total. The maximum absolute atomic E-state index is 13.6. The second-order valence-corrected chi connectivity index (χ2v) is 11.6. The zero-order valence-electron chi connectivity index (χ0n) is 27.2. The van der Waals surface area contributed by atoms with Crippen LogP contribution in [0.4, 0.5) is 0 Å². The molecule has 1 aromatic rings. The van der Waals surface area contributed by atoms with Crippen LogP contribution in [0.25, 0.3) is 0 Å². The fourth-order valence-corrected chi connectivity index (χ4v) is 4.85. The summed E-state index contributed by atoms with van der Waals surface area (Å²) in [5.41, 5.74) is 6.44. The number of hydrogen-bond acceptors (Lipinski definition) is 7. The van der Waals surface area contributed by atoms with Crippen molar-refractivity contribution >= 4 is 41.2 Å². The number of nitrogens with one attached hydrogen (secondary N) is 4. The van der Waals surface area contributed by atoms with Crippen LogP contribution in [0.1, 0.15) is 85.6 Å². The van der Waals surface area contributed by atoms with Crippen LogP contribution in [0.5, 0.6) is 0 Å². The summed E-state index contributed by atoms with van der Waals surface area (Å²) >= 11 is 1.55. The van der Waals surface area contributed by atoms with E-state index in [0.29, 0.717) is 38.0 Å². The van der Waals surface area contributed by atoms with Crippen molar-refractivity contribution in [2.75, 3.05) is 18.6 Å². The third-order valence-electron chi connectivity index (χ3n) is 6.56. The van der Waals surface area contributed by atoms with Gasteiger partial charge in [0.15, 0.2) is 5.78 Å². The first-order valence-electron chi connectivity index (χ1n) is 15.5. The Balaban J connectivity index is 0.00000862. The van der Waals surface area contributed by atoms with Gasteiger partial charge in [-0.2, -0.15) is 11.8 Å². The third-order valence-corrected chi connectivity index (χ3v) is 7.20. The van der Waals surface area contributed by atoms with Crippen LogP contribution in [0.3, 0.4) is 0 Å². The normalized spacial score (nSPS) is 13.4. The van der Waals surface area contributed by atoms with Crippen LogP contribution in [0, 0.1) is 5.92 Å².